The SMILES string of the molecule is COC(C)(C)CCC(CO)Cc1ccc(Cl)cc1. The van der Waals surface area contributed by atoms with Gasteiger partial charge in [0.05, 0.1) is 5.60 Å². The summed E-state index contributed by atoms with van der Waals surface area (Å²) in [6, 6.07) is 7.83. The lowest BCUT2D eigenvalue weighted by Gasteiger charge is -2.25. The van der Waals surface area contributed by atoms with Crippen molar-refractivity contribution in [3.63, 3.8) is 0 Å². The van der Waals surface area contributed by atoms with Crippen molar-refractivity contribution in [2.45, 2.75) is 38.7 Å². The van der Waals surface area contributed by atoms with Crippen LogP contribution >= 0.6 is 11.6 Å². The Morgan fingerprint density at radius 3 is 2.39 bits per heavy atom. The van der Waals surface area contributed by atoms with Gasteiger partial charge >= 0.3 is 0 Å². The standard InChI is InChI=1S/C15H23ClO2/c1-15(2,18-3)9-8-13(11-17)10-12-4-6-14(16)7-5-12/h4-7,13,17H,8-11H2,1-3H3. The first kappa shape index (κ1) is 15.5. The molecule has 0 bridgehead atoms. The van der Waals surface area contributed by atoms with E-state index >= 15 is 0 Å². The number of methoxy groups -OCH3 is 1. The van der Waals surface area contributed by atoms with Crippen LogP contribution in [0.3, 0.4) is 0 Å². The van der Waals surface area contributed by atoms with Crippen molar-refractivity contribution in [2.75, 3.05) is 13.7 Å². The van der Waals surface area contributed by atoms with E-state index in [1.54, 1.807) is 7.11 Å². The molecule has 3 heteroatoms. The maximum absolute atomic E-state index is 9.44. The average Bonchev–Trinajstić information content (AvgIpc) is 2.37. The molecule has 102 valence electrons. The van der Waals surface area contributed by atoms with Crippen molar-refractivity contribution in [1.29, 1.82) is 0 Å². The van der Waals surface area contributed by atoms with E-state index < -0.39 is 0 Å². The summed E-state index contributed by atoms with van der Waals surface area (Å²) in [4.78, 5) is 0. The van der Waals surface area contributed by atoms with Crippen molar-refractivity contribution in [3.8, 4) is 0 Å². The molecule has 0 aliphatic carbocycles. The summed E-state index contributed by atoms with van der Waals surface area (Å²) in [7, 11) is 1.73. The summed E-state index contributed by atoms with van der Waals surface area (Å²) in [5.41, 5.74) is 1.10. The van der Waals surface area contributed by atoms with Crippen LogP contribution in [-0.2, 0) is 11.2 Å². The predicted octanol–water partition coefficient (Wildman–Crippen LogP) is 3.70. The number of aliphatic hydroxyl groups excluding tert-OH is 1. The van der Waals surface area contributed by atoms with Gasteiger partial charge in [-0.2, -0.15) is 0 Å². The van der Waals surface area contributed by atoms with E-state index in [2.05, 4.69) is 13.8 Å². The zero-order valence-corrected chi connectivity index (χ0v) is 12.2. The van der Waals surface area contributed by atoms with Crippen molar-refractivity contribution in [1.82, 2.24) is 0 Å². The Hall–Kier alpha value is -0.570. The van der Waals surface area contributed by atoms with Gasteiger partial charge in [-0.15, -0.1) is 0 Å². The van der Waals surface area contributed by atoms with Gasteiger partial charge in [0.15, 0.2) is 0 Å². The zero-order chi connectivity index (χ0) is 13.6. The Bertz CT molecular complexity index is 346. The molecular weight excluding hydrogens is 248 g/mol. The molecule has 0 saturated heterocycles. The number of aliphatic hydroxyl groups is 1. The van der Waals surface area contributed by atoms with Crippen LogP contribution < -0.4 is 0 Å². The van der Waals surface area contributed by atoms with Crippen LogP contribution in [0.25, 0.3) is 0 Å². The van der Waals surface area contributed by atoms with Crippen LogP contribution in [0.5, 0.6) is 0 Å². The summed E-state index contributed by atoms with van der Waals surface area (Å²) in [5, 5.41) is 10.2. The van der Waals surface area contributed by atoms with Crippen molar-refractivity contribution in [2.24, 2.45) is 5.92 Å². The highest BCUT2D eigenvalue weighted by atomic mass is 35.5. The van der Waals surface area contributed by atoms with Crippen molar-refractivity contribution < 1.29 is 9.84 Å². The van der Waals surface area contributed by atoms with Gasteiger partial charge in [0.2, 0.25) is 0 Å². The fourth-order valence-electron chi connectivity index (χ4n) is 1.87. The molecule has 0 saturated carbocycles. The van der Waals surface area contributed by atoms with Crippen LogP contribution in [0.2, 0.25) is 5.02 Å². The maximum atomic E-state index is 9.44. The fourth-order valence-corrected chi connectivity index (χ4v) is 1.99. The van der Waals surface area contributed by atoms with Gasteiger partial charge in [0.25, 0.3) is 0 Å². The summed E-state index contributed by atoms with van der Waals surface area (Å²) in [5.74, 6) is 0.278. The van der Waals surface area contributed by atoms with Gasteiger partial charge in [0.1, 0.15) is 0 Å². The highest BCUT2D eigenvalue weighted by Gasteiger charge is 2.19. The van der Waals surface area contributed by atoms with Crippen LogP contribution in [0.4, 0.5) is 0 Å². The number of rotatable bonds is 7. The average molecular weight is 271 g/mol. The predicted molar refractivity (Wildman–Crippen MR) is 76.1 cm³/mol. The second-order valence-electron chi connectivity index (χ2n) is 5.38. The first-order chi connectivity index (χ1) is 8.46. The van der Waals surface area contributed by atoms with Crippen LogP contribution in [-0.4, -0.2) is 24.4 Å². The quantitative estimate of drug-likeness (QED) is 0.819. The molecule has 1 N–H and O–H groups in total. The molecule has 18 heavy (non-hydrogen) atoms. The van der Waals surface area contributed by atoms with E-state index in [9.17, 15) is 5.11 Å². The smallest absolute Gasteiger partial charge is 0.0622 e. The third-order valence-corrected chi connectivity index (χ3v) is 3.66. The molecule has 0 radical (unpaired) electrons. The molecule has 0 amide bonds. The summed E-state index contributed by atoms with van der Waals surface area (Å²) >= 11 is 5.86. The lowest BCUT2D eigenvalue weighted by Crippen LogP contribution is -2.24. The van der Waals surface area contributed by atoms with E-state index in [4.69, 9.17) is 16.3 Å². The number of benzene rings is 1. The minimum atomic E-state index is -0.118. The molecular formula is C15H23ClO2. The number of hydrogen-bond acceptors (Lipinski definition) is 2. The van der Waals surface area contributed by atoms with Gasteiger partial charge < -0.3 is 9.84 Å². The lowest BCUT2D eigenvalue weighted by atomic mass is 9.91. The Morgan fingerprint density at radius 2 is 1.89 bits per heavy atom. The highest BCUT2D eigenvalue weighted by molar-refractivity contribution is 6.30. The largest absolute Gasteiger partial charge is 0.396 e. The van der Waals surface area contributed by atoms with Gasteiger partial charge in [-0.25, -0.2) is 0 Å². The highest BCUT2D eigenvalue weighted by Crippen LogP contribution is 2.22. The number of ether oxygens (including phenoxy) is 1. The van der Waals surface area contributed by atoms with Crippen LogP contribution in [0, 0.1) is 5.92 Å². The third-order valence-electron chi connectivity index (χ3n) is 3.40. The normalized spacial score (nSPS) is 13.6. The molecule has 0 aliphatic rings. The van der Waals surface area contributed by atoms with E-state index in [1.165, 1.54) is 5.56 Å². The molecule has 0 fully saturated rings. The van der Waals surface area contributed by atoms with E-state index in [-0.39, 0.29) is 18.1 Å². The summed E-state index contributed by atoms with van der Waals surface area (Å²) in [6.45, 7) is 4.36. The Balaban J connectivity index is 2.49. The zero-order valence-electron chi connectivity index (χ0n) is 11.4. The Labute approximate surface area is 115 Å². The minimum absolute atomic E-state index is 0.118. The Kier molecular flexibility index (Phi) is 6.13. The molecule has 1 aromatic rings. The molecule has 0 heterocycles. The second kappa shape index (κ2) is 7.13. The van der Waals surface area contributed by atoms with E-state index in [1.807, 2.05) is 24.3 Å². The summed E-state index contributed by atoms with van der Waals surface area (Å²) in [6.07, 6.45) is 2.79. The van der Waals surface area contributed by atoms with Gasteiger partial charge in [-0.3, -0.25) is 0 Å². The van der Waals surface area contributed by atoms with Crippen LogP contribution in [0.15, 0.2) is 24.3 Å². The topological polar surface area (TPSA) is 29.5 Å². The molecule has 0 spiro atoms. The third kappa shape index (κ3) is 5.38. The van der Waals surface area contributed by atoms with Crippen molar-refractivity contribution in [3.05, 3.63) is 34.9 Å². The van der Waals surface area contributed by atoms with E-state index in [0.717, 1.165) is 24.3 Å². The number of halogens is 1. The molecule has 1 aromatic carbocycles. The summed E-state index contributed by atoms with van der Waals surface area (Å²) < 4.78 is 5.40. The van der Waals surface area contributed by atoms with Gasteiger partial charge in [-0.05, 0) is 56.7 Å². The minimum Gasteiger partial charge on any atom is -0.396 e. The lowest BCUT2D eigenvalue weighted by molar-refractivity contribution is 0.00826. The maximum Gasteiger partial charge on any atom is 0.0622 e. The molecule has 2 nitrogen and oxygen atoms in total. The molecule has 0 aromatic heterocycles. The van der Waals surface area contributed by atoms with Gasteiger partial charge in [-0.1, -0.05) is 23.7 Å². The Morgan fingerprint density at radius 1 is 1.28 bits per heavy atom. The monoisotopic (exact) mass is 270 g/mol. The molecule has 1 atom stereocenters. The fraction of sp³-hybridized carbons (Fsp3) is 0.600. The van der Waals surface area contributed by atoms with Gasteiger partial charge in [0, 0.05) is 18.7 Å². The second-order valence-corrected chi connectivity index (χ2v) is 5.82. The number of hydrogen-bond donors (Lipinski definition) is 1. The molecule has 0 aliphatic heterocycles. The first-order valence-electron chi connectivity index (χ1n) is 6.37. The van der Waals surface area contributed by atoms with E-state index in [0.29, 0.717) is 0 Å². The van der Waals surface area contributed by atoms with Crippen LogP contribution in [0.1, 0.15) is 32.3 Å². The molecule has 1 unspecified atom stereocenters. The molecule has 1 rings (SSSR count). The first-order valence-corrected chi connectivity index (χ1v) is 6.75. The van der Waals surface area contributed by atoms with Crippen molar-refractivity contribution >= 4 is 11.6 Å².